The predicted molar refractivity (Wildman–Crippen MR) is 118 cm³/mol. The molecule has 158 valence electrons. The number of fused-ring (bicyclic) bond motifs is 1. The number of carbonyl (C=O) groups excluding carboxylic acids is 2. The zero-order valence-electron chi connectivity index (χ0n) is 17.6. The third-order valence-electron chi connectivity index (χ3n) is 5.34. The van der Waals surface area contributed by atoms with Gasteiger partial charge in [0, 0.05) is 36.0 Å². The highest BCUT2D eigenvalue weighted by Crippen LogP contribution is 2.31. The number of hydrogen-bond acceptors (Lipinski definition) is 5. The molecule has 3 aromatic rings. The zero-order chi connectivity index (χ0) is 21.8. The number of benzene rings is 1. The Morgan fingerprint density at radius 2 is 1.90 bits per heavy atom. The van der Waals surface area contributed by atoms with Crippen LogP contribution in [0, 0.1) is 6.92 Å². The second kappa shape index (κ2) is 8.95. The van der Waals surface area contributed by atoms with Gasteiger partial charge in [0.25, 0.3) is 11.8 Å². The van der Waals surface area contributed by atoms with E-state index in [9.17, 15) is 9.59 Å². The number of hydrogen-bond donors (Lipinski definition) is 1. The molecule has 7 heteroatoms. The Morgan fingerprint density at radius 3 is 2.61 bits per heavy atom. The number of hydrazone groups is 1. The molecular formula is C24H24N4O3. The maximum atomic E-state index is 13.3. The van der Waals surface area contributed by atoms with E-state index >= 15 is 0 Å². The molecule has 0 fully saturated rings. The fraction of sp³-hybridized carbons (Fsp3) is 0.250. The van der Waals surface area contributed by atoms with E-state index in [2.05, 4.69) is 15.5 Å². The lowest BCUT2D eigenvalue weighted by atomic mass is 9.93. The molecule has 1 N–H and O–H groups in total. The highest BCUT2D eigenvalue weighted by atomic mass is 16.4. The summed E-state index contributed by atoms with van der Waals surface area (Å²) < 4.78 is 6.03. The number of pyridine rings is 1. The molecule has 0 aliphatic heterocycles. The normalized spacial score (nSPS) is 14.2. The number of amides is 2. The van der Waals surface area contributed by atoms with Crippen LogP contribution >= 0.6 is 0 Å². The minimum absolute atomic E-state index is 0.183. The summed E-state index contributed by atoms with van der Waals surface area (Å²) in [7, 11) is 0. The van der Waals surface area contributed by atoms with Gasteiger partial charge in [-0.2, -0.15) is 5.10 Å². The molecule has 31 heavy (non-hydrogen) atoms. The molecule has 0 radical (unpaired) electrons. The van der Waals surface area contributed by atoms with Gasteiger partial charge in [-0.1, -0.05) is 24.3 Å². The van der Waals surface area contributed by atoms with Crippen molar-refractivity contribution in [1.82, 2.24) is 10.4 Å². The number of rotatable bonds is 5. The van der Waals surface area contributed by atoms with Crippen molar-refractivity contribution < 1.29 is 14.0 Å². The molecule has 1 aromatic carbocycles. The highest BCUT2D eigenvalue weighted by molar-refractivity contribution is 6.10. The Hall–Kier alpha value is -3.74. The summed E-state index contributed by atoms with van der Waals surface area (Å²) in [6.45, 7) is 4.33. The molecule has 0 bridgehead atoms. The van der Waals surface area contributed by atoms with Crippen molar-refractivity contribution in [3.05, 3.63) is 83.1 Å². The van der Waals surface area contributed by atoms with Crippen LogP contribution < -0.4 is 10.3 Å². The van der Waals surface area contributed by atoms with Crippen LogP contribution in [-0.2, 0) is 6.42 Å². The minimum Gasteiger partial charge on any atom is -0.455 e. The molecule has 0 unspecified atom stereocenters. The predicted octanol–water partition coefficient (Wildman–Crippen LogP) is 4.12. The van der Waals surface area contributed by atoms with Gasteiger partial charge in [-0.3, -0.25) is 14.6 Å². The molecule has 4 rings (SSSR count). The van der Waals surface area contributed by atoms with Gasteiger partial charge in [-0.05, 0) is 51.0 Å². The molecule has 2 heterocycles. The van der Waals surface area contributed by atoms with Gasteiger partial charge in [-0.15, -0.1) is 0 Å². The Kier molecular flexibility index (Phi) is 5.93. The Bertz CT molecular complexity index is 1120. The Balaban J connectivity index is 1.62. The van der Waals surface area contributed by atoms with Crippen molar-refractivity contribution in [1.29, 1.82) is 0 Å². The summed E-state index contributed by atoms with van der Waals surface area (Å²) >= 11 is 0. The molecule has 0 atom stereocenters. The third kappa shape index (κ3) is 4.12. The number of aromatic nitrogens is 1. The SMILES string of the molecule is CCN(C(=O)c1oc2c(c1C)/C(=N/NC(=O)c1ccccn1)CCC2)c1ccccc1. The monoisotopic (exact) mass is 416 g/mol. The smallest absolute Gasteiger partial charge is 0.294 e. The Morgan fingerprint density at radius 1 is 1.13 bits per heavy atom. The maximum Gasteiger partial charge on any atom is 0.294 e. The lowest BCUT2D eigenvalue weighted by Crippen LogP contribution is -2.30. The van der Waals surface area contributed by atoms with Crippen LogP contribution in [0.15, 0.2) is 64.2 Å². The lowest BCUT2D eigenvalue weighted by Gasteiger charge is -2.20. The molecular weight excluding hydrogens is 392 g/mol. The van der Waals surface area contributed by atoms with Crippen molar-refractivity contribution in [2.45, 2.75) is 33.1 Å². The van der Waals surface area contributed by atoms with E-state index in [0.29, 0.717) is 30.1 Å². The molecule has 1 aliphatic carbocycles. The van der Waals surface area contributed by atoms with Crippen molar-refractivity contribution in [2.75, 3.05) is 11.4 Å². The second-order valence-electron chi connectivity index (χ2n) is 7.31. The van der Waals surface area contributed by atoms with Crippen LogP contribution in [0.1, 0.15) is 57.7 Å². The van der Waals surface area contributed by atoms with Crippen molar-refractivity contribution >= 4 is 23.2 Å². The average Bonchev–Trinajstić information content (AvgIpc) is 3.16. The number of nitrogens with one attached hydrogen (secondary N) is 1. The molecule has 7 nitrogen and oxygen atoms in total. The van der Waals surface area contributed by atoms with Crippen molar-refractivity contribution in [3.8, 4) is 0 Å². The fourth-order valence-electron chi connectivity index (χ4n) is 3.83. The molecule has 0 saturated carbocycles. The first kappa shape index (κ1) is 20.5. The van der Waals surface area contributed by atoms with E-state index in [0.717, 1.165) is 35.4 Å². The second-order valence-corrected chi connectivity index (χ2v) is 7.31. The van der Waals surface area contributed by atoms with E-state index in [1.807, 2.05) is 44.2 Å². The largest absolute Gasteiger partial charge is 0.455 e. The molecule has 0 spiro atoms. The van der Waals surface area contributed by atoms with Gasteiger partial charge >= 0.3 is 0 Å². The highest BCUT2D eigenvalue weighted by Gasteiger charge is 2.30. The number of anilines is 1. The first-order valence-corrected chi connectivity index (χ1v) is 10.4. The quantitative estimate of drug-likeness (QED) is 0.634. The Labute approximate surface area is 180 Å². The summed E-state index contributed by atoms with van der Waals surface area (Å²) in [5, 5.41) is 4.35. The van der Waals surface area contributed by atoms with Gasteiger partial charge < -0.3 is 9.32 Å². The van der Waals surface area contributed by atoms with Crippen molar-refractivity contribution in [3.63, 3.8) is 0 Å². The van der Waals surface area contributed by atoms with Gasteiger partial charge in [0.2, 0.25) is 0 Å². The topological polar surface area (TPSA) is 87.8 Å². The van der Waals surface area contributed by atoms with E-state index in [-0.39, 0.29) is 11.8 Å². The maximum absolute atomic E-state index is 13.3. The van der Waals surface area contributed by atoms with Gasteiger partial charge in [0.05, 0.1) is 5.71 Å². The summed E-state index contributed by atoms with van der Waals surface area (Å²) in [6.07, 6.45) is 3.82. The number of furan rings is 1. The first-order chi connectivity index (χ1) is 15.1. The summed E-state index contributed by atoms with van der Waals surface area (Å²) in [6, 6.07) is 14.7. The van der Waals surface area contributed by atoms with Crippen LogP contribution in [-0.4, -0.2) is 29.1 Å². The van der Waals surface area contributed by atoms with E-state index < -0.39 is 0 Å². The van der Waals surface area contributed by atoms with Gasteiger partial charge in [-0.25, -0.2) is 5.43 Å². The summed E-state index contributed by atoms with van der Waals surface area (Å²) in [4.78, 5) is 31.3. The van der Waals surface area contributed by atoms with E-state index in [4.69, 9.17) is 4.42 Å². The number of aryl methyl sites for hydroxylation is 1. The standard InChI is InChI=1S/C24H24N4O3/c1-3-28(17-10-5-4-6-11-17)24(30)22-16(2)21-18(13-9-14-20(21)31-22)26-27-23(29)19-12-7-8-15-25-19/h4-8,10-12,15H,3,9,13-14H2,1-2H3,(H,27,29)/b26-18+. The van der Waals surface area contributed by atoms with Crippen LogP contribution in [0.5, 0.6) is 0 Å². The molecule has 2 aromatic heterocycles. The number of para-hydroxylation sites is 1. The van der Waals surface area contributed by atoms with Crippen LogP contribution in [0.25, 0.3) is 0 Å². The summed E-state index contributed by atoms with van der Waals surface area (Å²) in [5.74, 6) is 0.500. The van der Waals surface area contributed by atoms with Crippen molar-refractivity contribution in [2.24, 2.45) is 5.10 Å². The van der Waals surface area contributed by atoms with Crippen LogP contribution in [0.4, 0.5) is 5.69 Å². The number of nitrogens with zero attached hydrogens (tertiary/aromatic N) is 3. The zero-order valence-corrected chi connectivity index (χ0v) is 17.6. The van der Waals surface area contributed by atoms with Crippen LogP contribution in [0.3, 0.4) is 0 Å². The van der Waals surface area contributed by atoms with E-state index in [1.54, 1.807) is 29.3 Å². The molecule has 0 saturated heterocycles. The van der Waals surface area contributed by atoms with Gasteiger partial charge in [0.15, 0.2) is 5.76 Å². The van der Waals surface area contributed by atoms with E-state index in [1.165, 1.54) is 0 Å². The molecule has 2 amide bonds. The fourth-order valence-corrected chi connectivity index (χ4v) is 3.83. The minimum atomic E-state index is -0.376. The average molecular weight is 416 g/mol. The summed E-state index contributed by atoms with van der Waals surface area (Å²) in [5.41, 5.74) is 5.99. The molecule has 1 aliphatic rings. The lowest BCUT2D eigenvalue weighted by molar-refractivity contribution is 0.0946. The van der Waals surface area contributed by atoms with Gasteiger partial charge in [0.1, 0.15) is 11.5 Å². The van der Waals surface area contributed by atoms with Crippen LogP contribution in [0.2, 0.25) is 0 Å². The number of carbonyl (C=O) groups is 2. The first-order valence-electron chi connectivity index (χ1n) is 10.4. The third-order valence-corrected chi connectivity index (χ3v) is 5.34.